The number of fused-ring (bicyclic) bond motifs is 9. The van der Waals surface area contributed by atoms with Crippen LogP contribution in [0.25, 0.3) is 60.0 Å². The van der Waals surface area contributed by atoms with E-state index in [-0.39, 0.29) is 5.92 Å². The molecule has 3 heteroatoms. The highest BCUT2D eigenvalue weighted by molar-refractivity contribution is 6.25. The zero-order valence-electron chi connectivity index (χ0n) is 28.5. The molecule has 11 rings (SSSR count). The van der Waals surface area contributed by atoms with E-state index in [0.717, 1.165) is 46.2 Å². The van der Waals surface area contributed by atoms with Gasteiger partial charge < -0.3 is 13.7 Å². The van der Waals surface area contributed by atoms with Crippen molar-refractivity contribution in [2.24, 2.45) is 0 Å². The molecule has 0 amide bonds. The van der Waals surface area contributed by atoms with Crippen molar-refractivity contribution in [3.8, 4) is 0 Å². The largest absolute Gasteiger partial charge is 0.456 e. The van der Waals surface area contributed by atoms with Crippen molar-refractivity contribution in [2.45, 2.75) is 18.8 Å². The molecule has 1 atom stereocenters. The van der Waals surface area contributed by atoms with Gasteiger partial charge in [-0.15, -0.1) is 0 Å². The van der Waals surface area contributed by atoms with Crippen LogP contribution >= 0.6 is 0 Å². The van der Waals surface area contributed by atoms with E-state index in [1.165, 1.54) is 60.5 Å². The summed E-state index contributed by atoms with van der Waals surface area (Å²) in [5, 5.41) is 7.36. The summed E-state index contributed by atoms with van der Waals surface area (Å²) >= 11 is 0. The number of anilines is 2. The fraction of sp³-hybridized carbons (Fsp3) is 0.0612. The Morgan fingerprint density at radius 3 is 2.06 bits per heavy atom. The third-order valence-corrected chi connectivity index (χ3v) is 11.0. The predicted octanol–water partition coefficient (Wildman–Crippen LogP) is 13.1. The normalized spacial score (nSPS) is 15.0. The number of hydrogen-bond acceptors (Lipinski definition) is 2. The van der Waals surface area contributed by atoms with Crippen molar-refractivity contribution >= 4 is 71.4 Å². The highest BCUT2D eigenvalue weighted by Crippen LogP contribution is 2.47. The molecule has 0 saturated carbocycles. The highest BCUT2D eigenvalue weighted by Gasteiger charge is 2.27. The molecular formula is C49H34N2O. The maximum atomic E-state index is 6.34. The Hall–Kier alpha value is -6.58. The fourth-order valence-electron chi connectivity index (χ4n) is 8.81. The minimum absolute atomic E-state index is 0.231. The summed E-state index contributed by atoms with van der Waals surface area (Å²) in [5.74, 6) is 0.231. The average Bonchev–Trinajstić information content (AvgIpc) is 3.86. The van der Waals surface area contributed by atoms with Crippen LogP contribution in [-0.4, -0.2) is 4.40 Å². The molecule has 0 bridgehead atoms. The summed E-state index contributed by atoms with van der Waals surface area (Å²) in [7, 11) is 0. The molecule has 0 radical (unpaired) electrons. The van der Waals surface area contributed by atoms with E-state index in [1.54, 1.807) is 0 Å². The van der Waals surface area contributed by atoms with Crippen molar-refractivity contribution in [3.05, 3.63) is 198 Å². The summed E-state index contributed by atoms with van der Waals surface area (Å²) in [4.78, 5) is 2.51. The van der Waals surface area contributed by atoms with Gasteiger partial charge in [-0.05, 0) is 66.4 Å². The maximum Gasteiger partial charge on any atom is 0.135 e. The Labute approximate surface area is 301 Å². The minimum Gasteiger partial charge on any atom is -0.456 e. The van der Waals surface area contributed by atoms with Gasteiger partial charge in [0.05, 0.1) is 22.2 Å². The van der Waals surface area contributed by atoms with Gasteiger partial charge in [-0.3, -0.25) is 0 Å². The molecule has 1 aliphatic rings. The first-order valence-corrected chi connectivity index (χ1v) is 18.2. The first kappa shape index (κ1) is 29.2. The summed E-state index contributed by atoms with van der Waals surface area (Å²) in [6.07, 6.45) is 6.83. The fourth-order valence-corrected chi connectivity index (χ4v) is 8.81. The van der Waals surface area contributed by atoms with E-state index in [4.69, 9.17) is 4.42 Å². The molecule has 246 valence electrons. The second kappa shape index (κ2) is 11.5. The number of para-hydroxylation sites is 4. The maximum absolute atomic E-state index is 6.34. The molecule has 0 fully saturated rings. The third kappa shape index (κ3) is 4.46. The molecule has 1 unspecified atom stereocenters. The summed E-state index contributed by atoms with van der Waals surface area (Å²) in [5.41, 5.74) is 13.0. The van der Waals surface area contributed by atoms with Crippen LogP contribution in [0.2, 0.25) is 0 Å². The van der Waals surface area contributed by atoms with Gasteiger partial charge in [-0.1, -0.05) is 139 Å². The molecule has 3 heterocycles. The molecule has 3 nitrogen and oxygen atoms in total. The van der Waals surface area contributed by atoms with Gasteiger partial charge in [-0.25, -0.2) is 0 Å². The molecular weight excluding hydrogens is 633 g/mol. The second-order valence-corrected chi connectivity index (χ2v) is 14.1. The van der Waals surface area contributed by atoms with Gasteiger partial charge in [0.2, 0.25) is 0 Å². The number of allylic oxidation sites excluding steroid dienone is 3. The SMILES string of the molecule is C1=C(Cc2ccccc2)CC(c2ccccc2)C=C1N(c1ccc2oc3ccccc3c2c1)c1cccc2c3cccc4c5ccccc5n(c12)c43. The zero-order valence-corrected chi connectivity index (χ0v) is 28.5. The van der Waals surface area contributed by atoms with Gasteiger partial charge >= 0.3 is 0 Å². The number of furan rings is 1. The first-order valence-electron chi connectivity index (χ1n) is 18.2. The number of hydrogen-bond donors (Lipinski definition) is 0. The number of aromatic nitrogens is 1. The Morgan fingerprint density at radius 2 is 1.21 bits per heavy atom. The summed E-state index contributed by atoms with van der Waals surface area (Å²) in [6, 6.07) is 59.4. The molecule has 10 aromatic rings. The molecule has 7 aromatic carbocycles. The van der Waals surface area contributed by atoms with E-state index in [1.807, 2.05) is 6.07 Å². The zero-order chi connectivity index (χ0) is 34.2. The van der Waals surface area contributed by atoms with Crippen molar-refractivity contribution in [1.29, 1.82) is 0 Å². The second-order valence-electron chi connectivity index (χ2n) is 14.1. The number of rotatable bonds is 6. The van der Waals surface area contributed by atoms with Crippen molar-refractivity contribution < 1.29 is 4.42 Å². The van der Waals surface area contributed by atoms with Crippen LogP contribution in [0.3, 0.4) is 0 Å². The summed E-state index contributed by atoms with van der Waals surface area (Å²) in [6.45, 7) is 0. The van der Waals surface area contributed by atoms with Crippen molar-refractivity contribution in [2.75, 3.05) is 4.90 Å². The monoisotopic (exact) mass is 666 g/mol. The molecule has 1 aliphatic carbocycles. The van der Waals surface area contributed by atoms with Gasteiger partial charge in [0, 0.05) is 49.6 Å². The van der Waals surface area contributed by atoms with Gasteiger partial charge in [0.25, 0.3) is 0 Å². The van der Waals surface area contributed by atoms with E-state index in [0.29, 0.717) is 0 Å². The standard InChI is InChI=1S/C49H34N2O/c1-3-13-32(14-4-1)27-33-28-35(34-15-5-2-6-16-34)30-37(29-33)50(36-25-26-47-43(31-36)39-18-8-10-24-46(39)52-47)45-23-12-21-42-41-20-11-19-40-38-17-7-9-22-44(38)51(48(40)41)49(42)45/h1-26,29-31,35H,27-28H2. The molecule has 52 heavy (non-hydrogen) atoms. The smallest absolute Gasteiger partial charge is 0.135 e. The molecule has 3 aromatic heterocycles. The van der Waals surface area contributed by atoms with Crippen LogP contribution in [-0.2, 0) is 6.42 Å². The lowest BCUT2D eigenvalue weighted by Gasteiger charge is -2.32. The van der Waals surface area contributed by atoms with Gasteiger partial charge in [-0.2, -0.15) is 0 Å². The lowest BCUT2D eigenvalue weighted by Crippen LogP contribution is -2.20. The quantitative estimate of drug-likeness (QED) is 0.176. The Kier molecular flexibility index (Phi) is 6.44. The van der Waals surface area contributed by atoms with Crippen LogP contribution in [0.4, 0.5) is 11.4 Å². The highest BCUT2D eigenvalue weighted by atomic mass is 16.3. The lowest BCUT2D eigenvalue weighted by molar-refractivity contribution is 0.669. The third-order valence-electron chi connectivity index (χ3n) is 11.0. The van der Waals surface area contributed by atoms with Crippen LogP contribution < -0.4 is 4.90 Å². The van der Waals surface area contributed by atoms with Gasteiger partial charge in [0.1, 0.15) is 11.2 Å². The van der Waals surface area contributed by atoms with Crippen LogP contribution in [0.1, 0.15) is 23.5 Å². The minimum atomic E-state index is 0.231. The summed E-state index contributed by atoms with van der Waals surface area (Å²) < 4.78 is 8.85. The van der Waals surface area contributed by atoms with Crippen LogP contribution in [0, 0.1) is 0 Å². The first-order chi connectivity index (χ1) is 25.8. The van der Waals surface area contributed by atoms with Gasteiger partial charge in [0.15, 0.2) is 0 Å². The van der Waals surface area contributed by atoms with Crippen LogP contribution in [0.15, 0.2) is 192 Å². The molecule has 0 spiro atoms. The average molecular weight is 667 g/mol. The molecule has 0 saturated heterocycles. The molecule has 0 N–H and O–H groups in total. The predicted molar refractivity (Wildman–Crippen MR) is 217 cm³/mol. The van der Waals surface area contributed by atoms with Crippen LogP contribution in [0.5, 0.6) is 0 Å². The Bertz CT molecular complexity index is 3020. The van der Waals surface area contributed by atoms with E-state index >= 15 is 0 Å². The van der Waals surface area contributed by atoms with E-state index in [2.05, 4.69) is 179 Å². The number of nitrogens with zero attached hydrogens (tertiary/aromatic N) is 2. The topological polar surface area (TPSA) is 20.8 Å². The Morgan fingerprint density at radius 1 is 0.558 bits per heavy atom. The van der Waals surface area contributed by atoms with Crippen molar-refractivity contribution in [1.82, 2.24) is 4.40 Å². The number of benzene rings is 7. The Balaban J connectivity index is 1.22. The van der Waals surface area contributed by atoms with E-state index < -0.39 is 0 Å². The molecule has 0 aliphatic heterocycles. The lowest BCUT2D eigenvalue weighted by atomic mass is 9.84. The van der Waals surface area contributed by atoms with Crippen molar-refractivity contribution in [3.63, 3.8) is 0 Å². The van der Waals surface area contributed by atoms with E-state index in [9.17, 15) is 0 Å².